The third-order valence-corrected chi connectivity index (χ3v) is 5.25. The van der Waals surface area contributed by atoms with E-state index in [-0.39, 0.29) is 11.3 Å². The number of nitro benzene ring substituents is 1. The summed E-state index contributed by atoms with van der Waals surface area (Å²) in [5.41, 5.74) is 0.897. The molecule has 0 atom stereocenters. The van der Waals surface area contributed by atoms with E-state index >= 15 is 0 Å². The first-order chi connectivity index (χ1) is 13.9. The minimum atomic E-state index is -0.518. The number of rotatable bonds is 7. The largest absolute Gasteiger partial charge is 0.497 e. The first-order valence-corrected chi connectivity index (χ1v) is 9.63. The van der Waals surface area contributed by atoms with E-state index in [4.69, 9.17) is 9.47 Å². The summed E-state index contributed by atoms with van der Waals surface area (Å²) in [4.78, 5) is 38.1. The van der Waals surface area contributed by atoms with Crippen molar-refractivity contribution in [1.29, 1.82) is 0 Å². The molecule has 0 aliphatic carbocycles. The summed E-state index contributed by atoms with van der Waals surface area (Å²) in [5, 5.41) is 10.9. The number of nitrogens with zero attached hydrogens (tertiary/aromatic N) is 2. The average molecular weight is 414 g/mol. The van der Waals surface area contributed by atoms with Crippen molar-refractivity contribution in [3.63, 3.8) is 0 Å². The van der Waals surface area contributed by atoms with Crippen LogP contribution in [0.25, 0.3) is 5.57 Å². The Kier molecular flexibility index (Phi) is 5.88. The highest BCUT2D eigenvalue weighted by molar-refractivity contribution is 8.04. The molecule has 0 spiro atoms. The van der Waals surface area contributed by atoms with E-state index in [0.717, 1.165) is 4.90 Å². The molecule has 0 fully saturated rings. The number of nitro groups is 1. The van der Waals surface area contributed by atoms with Crippen LogP contribution in [0.15, 0.2) is 47.4 Å². The molecule has 0 bridgehead atoms. The van der Waals surface area contributed by atoms with E-state index in [1.54, 1.807) is 18.2 Å². The SMILES string of the molecule is CCSC1=C(c2ccc([N+](=O)[O-])cc2)C(=O)N(c2cc(OC)cc(OC)c2)C1=O. The number of imide groups is 1. The van der Waals surface area contributed by atoms with Crippen molar-refractivity contribution >= 4 is 40.5 Å². The van der Waals surface area contributed by atoms with Gasteiger partial charge in [-0.05, 0) is 23.4 Å². The van der Waals surface area contributed by atoms with Crippen molar-refractivity contribution in [2.24, 2.45) is 0 Å². The predicted molar refractivity (Wildman–Crippen MR) is 110 cm³/mol. The maximum Gasteiger partial charge on any atom is 0.272 e. The molecular formula is C20H18N2O6S. The number of hydrogen-bond donors (Lipinski definition) is 0. The van der Waals surface area contributed by atoms with Gasteiger partial charge in [0, 0.05) is 30.3 Å². The molecule has 1 aliphatic rings. The number of hydrogen-bond acceptors (Lipinski definition) is 7. The molecule has 3 rings (SSSR count). The first-order valence-electron chi connectivity index (χ1n) is 8.65. The topological polar surface area (TPSA) is 99.0 Å². The van der Waals surface area contributed by atoms with Gasteiger partial charge in [0.05, 0.1) is 35.3 Å². The Labute approximate surface area is 171 Å². The Morgan fingerprint density at radius 2 is 1.59 bits per heavy atom. The second-order valence-electron chi connectivity index (χ2n) is 5.96. The highest BCUT2D eigenvalue weighted by atomic mass is 32.2. The zero-order valence-electron chi connectivity index (χ0n) is 16.0. The second-order valence-corrected chi connectivity index (χ2v) is 7.23. The van der Waals surface area contributed by atoms with E-state index in [2.05, 4.69) is 0 Å². The van der Waals surface area contributed by atoms with Crippen LogP contribution >= 0.6 is 11.8 Å². The lowest BCUT2D eigenvalue weighted by Gasteiger charge is -2.17. The summed E-state index contributed by atoms with van der Waals surface area (Å²) in [6, 6.07) is 10.4. The van der Waals surface area contributed by atoms with E-state index in [1.165, 1.54) is 50.2 Å². The first kappa shape index (κ1) is 20.4. The molecule has 1 aliphatic heterocycles. The lowest BCUT2D eigenvalue weighted by Crippen LogP contribution is -2.31. The highest BCUT2D eigenvalue weighted by Gasteiger charge is 2.40. The number of ether oxygens (including phenoxy) is 2. The fourth-order valence-electron chi connectivity index (χ4n) is 2.95. The molecule has 150 valence electrons. The minimum Gasteiger partial charge on any atom is -0.497 e. The molecule has 1 heterocycles. The van der Waals surface area contributed by atoms with Crippen LogP contribution in [0.2, 0.25) is 0 Å². The van der Waals surface area contributed by atoms with Crippen LogP contribution in [0, 0.1) is 10.1 Å². The molecule has 0 saturated carbocycles. The number of carbonyl (C=O) groups is 2. The van der Waals surface area contributed by atoms with E-state index in [9.17, 15) is 19.7 Å². The van der Waals surface area contributed by atoms with Gasteiger partial charge in [-0.25, -0.2) is 4.90 Å². The highest BCUT2D eigenvalue weighted by Crippen LogP contribution is 2.40. The number of methoxy groups -OCH3 is 2. The average Bonchev–Trinajstić information content (AvgIpc) is 2.97. The van der Waals surface area contributed by atoms with Crippen molar-refractivity contribution in [3.8, 4) is 11.5 Å². The van der Waals surface area contributed by atoms with Gasteiger partial charge in [-0.15, -0.1) is 11.8 Å². The summed E-state index contributed by atoms with van der Waals surface area (Å²) < 4.78 is 10.5. The Morgan fingerprint density at radius 1 is 1.00 bits per heavy atom. The Bertz CT molecular complexity index is 994. The van der Waals surface area contributed by atoms with Gasteiger partial charge in [0.15, 0.2) is 0 Å². The number of anilines is 1. The third-order valence-electron chi connectivity index (χ3n) is 4.29. The summed E-state index contributed by atoms with van der Waals surface area (Å²) in [7, 11) is 2.95. The lowest BCUT2D eigenvalue weighted by molar-refractivity contribution is -0.384. The maximum atomic E-state index is 13.2. The summed E-state index contributed by atoms with van der Waals surface area (Å²) in [6.45, 7) is 1.88. The van der Waals surface area contributed by atoms with Crippen molar-refractivity contribution in [2.45, 2.75) is 6.92 Å². The second kappa shape index (κ2) is 8.36. The molecule has 0 radical (unpaired) electrons. The van der Waals surface area contributed by atoms with E-state index in [0.29, 0.717) is 33.4 Å². The number of non-ortho nitro benzene ring substituents is 1. The normalized spacial score (nSPS) is 13.8. The number of amides is 2. The van der Waals surface area contributed by atoms with Gasteiger partial charge in [-0.1, -0.05) is 6.92 Å². The molecule has 2 aromatic carbocycles. The Balaban J connectivity index is 2.08. The molecule has 2 amide bonds. The Morgan fingerprint density at radius 3 is 2.07 bits per heavy atom. The lowest BCUT2D eigenvalue weighted by atomic mass is 10.1. The van der Waals surface area contributed by atoms with Crippen molar-refractivity contribution < 1.29 is 24.0 Å². The molecule has 0 N–H and O–H groups in total. The fourth-order valence-corrected chi connectivity index (χ4v) is 3.80. The third kappa shape index (κ3) is 3.81. The molecule has 8 nitrogen and oxygen atoms in total. The maximum absolute atomic E-state index is 13.2. The standard InChI is InChI=1S/C20H18N2O6S/c1-4-29-18-17(12-5-7-13(8-6-12)22(25)26)19(23)21(20(18)24)14-9-15(27-2)11-16(10-14)28-3/h5-11H,4H2,1-3H3. The van der Waals surface area contributed by atoms with E-state index < -0.39 is 16.7 Å². The van der Waals surface area contributed by atoms with Crippen LogP contribution < -0.4 is 14.4 Å². The van der Waals surface area contributed by atoms with Crippen molar-refractivity contribution in [2.75, 3.05) is 24.9 Å². The summed E-state index contributed by atoms with van der Waals surface area (Å²) in [6.07, 6.45) is 0. The molecule has 2 aromatic rings. The van der Waals surface area contributed by atoms with Gasteiger partial charge < -0.3 is 9.47 Å². The molecule has 0 unspecified atom stereocenters. The zero-order chi connectivity index (χ0) is 21.1. The van der Waals surface area contributed by atoms with Crippen LogP contribution in [0.3, 0.4) is 0 Å². The Hall–Kier alpha value is -3.33. The van der Waals surface area contributed by atoms with Gasteiger partial charge in [0.2, 0.25) is 0 Å². The van der Waals surface area contributed by atoms with Gasteiger partial charge >= 0.3 is 0 Å². The molecule has 0 aromatic heterocycles. The smallest absolute Gasteiger partial charge is 0.272 e. The van der Waals surface area contributed by atoms with Crippen LogP contribution in [-0.4, -0.2) is 36.7 Å². The monoisotopic (exact) mass is 414 g/mol. The van der Waals surface area contributed by atoms with Gasteiger partial charge in [-0.3, -0.25) is 19.7 Å². The number of carbonyl (C=O) groups excluding carboxylic acids is 2. The summed E-state index contributed by atoms with van der Waals surface area (Å²) >= 11 is 1.25. The van der Waals surface area contributed by atoms with Crippen LogP contribution in [0.5, 0.6) is 11.5 Å². The molecule has 0 saturated heterocycles. The quantitative estimate of drug-likeness (QED) is 0.387. The van der Waals surface area contributed by atoms with Crippen LogP contribution in [0.4, 0.5) is 11.4 Å². The number of benzene rings is 2. The molecule has 29 heavy (non-hydrogen) atoms. The van der Waals surface area contributed by atoms with Crippen LogP contribution in [0.1, 0.15) is 12.5 Å². The molecule has 9 heteroatoms. The van der Waals surface area contributed by atoms with Crippen LogP contribution in [-0.2, 0) is 9.59 Å². The van der Waals surface area contributed by atoms with Gasteiger partial charge in [0.25, 0.3) is 17.5 Å². The zero-order valence-corrected chi connectivity index (χ0v) is 16.8. The summed E-state index contributed by atoms with van der Waals surface area (Å²) in [5.74, 6) is 0.502. The predicted octanol–water partition coefficient (Wildman–Crippen LogP) is 3.65. The van der Waals surface area contributed by atoms with Gasteiger partial charge in [-0.2, -0.15) is 0 Å². The van der Waals surface area contributed by atoms with E-state index in [1.807, 2.05) is 6.92 Å². The fraction of sp³-hybridized carbons (Fsp3) is 0.200. The molecular weight excluding hydrogens is 396 g/mol. The van der Waals surface area contributed by atoms with Crippen molar-refractivity contribution in [1.82, 2.24) is 0 Å². The minimum absolute atomic E-state index is 0.0924. The number of thioether (sulfide) groups is 1. The van der Waals surface area contributed by atoms with Gasteiger partial charge in [0.1, 0.15) is 11.5 Å². The van der Waals surface area contributed by atoms with Crippen molar-refractivity contribution in [3.05, 3.63) is 63.0 Å².